The maximum atomic E-state index is 12.5. The molecule has 41 heavy (non-hydrogen) atoms. The van der Waals surface area contributed by atoms with Gasteiger partial charge in [-0.05, 0) is 56.0 Å². The Morgan fingerprint density at radius 2 is 1.37 bits per heavy atom. The van der Waals surface area contributed by atoms with Crippen LogP contribution in [0.5, 0.6) is 0 Å². The lowest BCUT2D eigenvalue weighted by molar-refractivity contribution is -0.143. The average molecular weight is 563 g/mol. The number of urea groups is 1. The molecule has 0 saturated carbocycles. The number of anilines is 1. The van der Waals surface area contributed by atoms with E-state index in [1.165, 1.54) is 0 Å². The number of carboxylic acids is 1. The first kappa shape index (κ1) is 31.1. The Kier molecular flexibility index (Phi) is 11.3. The van der Waals surface area contributed by atoms with Crippen LogP contribution in [0, 0.1) is 0 Å². The van der Waals surface area contributed by atoms with Crippen LogP contribution >= 0.6 is 0 Å². The molecule has 3 rings (SSSR count). The van der Waals surface area contributed by atoms with Crippen molar-refractivity contribution in [3.8, 4) is 0 Å². The molecular formula is C31H38N4O6. The number of aliphatic carboxylic acids is 1. The summed E-state index contributed by atoms with van der Waals surface area (Å²) in [6, 6.07) is 22.9. The van der Waals surface area contributed by atoms with Crippen molar-refractivity contribution in [1.29, 1.82) is 0 Å². The van der Waals surface area contributed by atoms with Gasteiger partial charge < -0.3 is 30.9 Å². The van der Waals surface area contributed by atoms with Crippen LogP contribution in [-0.4, -0.2) is 52.1 Å². The van der Waals surface area contributed by atoms with E-state index >= 15 is 0 Å². The first-order valence-electron chi connectivity index (χ1n) is 13.4. The second-order valence-electron chi connectivity index (χ2n) is 10.6. The third-order valence-electron chi connectivity index (χ3n) is 6.05. The normalized spacial score (nSPS) is 13.4. The van der Waals surface area contributed by atoms with Crippen molar-refractivity contribution < 1.29 is 29.3 Å². The number of aliphatic hydroxyl groups excluding tert-OH is 1. The summed E-state index contributed by atoms with van der Waals surface area (Å²) in [6.45, 7) is 5.62. The summed E-state index contributed by atoms with van der Waals surface area (Å²) in [5.41, 5.74) is 2.38. The van der Waals surface area contributed by atoms with Gasteiger partial charge in [0.1, 0.15) is 17.7 Å². The van der Waals surface area contributed by atoms with Crippen molar-refractivity contribution in [2.45, 2.75) is 64.1 Å². The number of aliphatic hydroxyl groups is 1. The number of hydrogen-bond acceptors (Lipinski definition) is 6. The van der Waals surface area contributed by atoms with E-state index in [0.29, 0.717) is 12.2 Å². The van der Waals surface area contributed by atoms with Gasteiger partial charge in [0, 0.05) is 18.8 Å². The predicted octanol–water partition coefficient (Wildman–Crippen LogP) is 4.05. The first-order valence-corrected chi connectivity index (χ1v) is 13.4. The molecular weight excluding hydrogens is 524 g/mol. The molecule has 0 bridgehead atoms. The summed E-state index contributed by atoms with van der Waals surface area (Å²) < 4.78 is 5.34. The summed E-state index contributed by atoms with van der Waals surface area (Å²) in [6.07, 6.45) is -2.01. The lowest BCUT2D eigenvalue weighted by atomic mass is 9.96. The third-order valence-corrected chi connectivity index (χ3v) is 6.05. The van der Waals surface area contributed by atoms with E-state index in [4.69, 9.17) is 4.74 Å². The van der Waals surface area contributed by atoms with Crippen molar-refractivity contribution in [3.05, 3.63) is 102 Å². The van der Waals surface area contributed by atoms with Gasteiger partial charge in [0.15, 0.2) is 0 Å². The minimum absolute atomic E-state index is 0.153. The molecule has 218 valence electrons. The number of carboxylic acid groups (broad SMARTS) is 1. The molecule has 0 unspecified atom stereocenters. The number of ether oxygens (including phenoxy) is 1. The Balaban J connectivity index is 1.60. The lowest BCUT2D eigenvalue weighted by Gasteiger charge is -2.30. The Morgan fingerprint density at radius 3 is 1.93 bits per heavy atom. The number of amides is 3. The summed E-state index contributed by atoms with van der Waals surface area (Å²) in [4.78, 5) is 36.8. The van der Waals surface area contributed by atoms with E-state index in [1.807, 2.05) is 72.8 Å². The zero-order valence-corrected chi connectivity index (χ0v) is 23.5. The summed E-state index contributed by atoms with van der Waals surface area (Å²) in [5, 5.41) is 32.1. The van der Waals surface area contributed by atoms with Gasteiger partial charge in [-0.1, -0.05) is 72.8 Å². The Labute approximate surface area is 240 Å². The number of nitrogens with one attached hydrogen (secondary N) is 4. The van der Waals surface area contributed by atoms with Gasteiger partial charge in [0.2, 0.25) is 0 Å². The molecule has 0 aromatic heterocycles. The first-order chi connectivity index (χ1) is 19.5. The number of carbonyl (C=O) groups is 3. The van der Waals surface area contributed by atoms with Gasteiger partial charge in [0.05, 0.1) is 6.04 Å². The highest BCUT2D eigenvalue weighted by Gasteiger charge is 2.34. The Morgan fingerprint density at radius 1 is 0.805 bits per heavy atom. The number of rotatable bonds is 12. The molecule has 10 nitrogen and oxygen atoms in total. The van der Waals surface area contributed by atoms with E-state index in [1.54, 1.807) is 32.9 Å². The second kappa shape index (κ2) is 14.8. The van der Waals surface area contributed by atoms with Crippen molar-refractivity contribution in [1.82, 2.24) is 16.0 Å². The van der Waals surface area contributed by atoms with Gasteiger partial charge in [-0.15, -0.1) is 0 Å². The minimum atomic E-state index is -1.47. The summed E-state index contributed by atoms with van der Waals surface area (Å²) in [7, 11) is 0. The number of hydrogen-bond donors (Lipinski definition) is 6. The Bertz CT molecular complexity index is 1260. The van der Waals surface area contributed by atoms with Crippen LogP contribution in [0.2, 0.25) is 0 Å². The average Bonchev–Trinajstić information content (AvgIpc) is 2.92. The molecule has 0 aliphatic heterocycles. The fraction of sp³-hybridized carbons (Fsp3) is 0.323. The summed E-state index contributed by atoms with van der Waals surface area (Å²) >= 11 is 0. The molecule has 6 N–H and O–H groups in total. The van der Waals surface area contributed by atoms with Crippen LogP contribution in [0.4, 0.5) is 15.3 Å². The zero-order chi connectivity index (χ0) is 29.8. The maximum Gasteiger partial charge on any atom is 0.407 e. The Hall–Kier alpha value is -4.41. The topological polar surface area (TPSA) is 149 Å². The molecule has 3 atom stereocenters. The zero-order valence-electron chi connectivity index (χ0n) is 23.5. The molecule has 0 radical (unpaired) electrons. The molecule has 0 fully saturated rings. The van der Waals surface area contributed by atoms with Crippen LogP contribution in [0.15, 0.2) is 84.9 Å². The monoisotopic (exact) mass is 562 g/mol. The number of alkyl carbamates (subject to hydrolysis) is 1. The molecule has 3 amide bonds. The highest BCUT2D eigenvalue weighted by Crippen LogP contribution is 2.14. The van der Waals surface area contributed by atoms with E-state index < -0.39 is 35.9 Å². The molecule has 0 spiro atoms. The molecule has 0 saturated heterocycles. The smallest absolute Gasteiger partial charge is 0.407 e. The van der Waals surface area contributed by atoms with Crippen molar-refractivity contribution in [3.63, 3.8) is 0 Å². The van der Waals surface area contributed by atoms with E-state index in [0.717, 1.165) is 16.7 Å². The summed E-state index contributed by atoms with van der Waals surface area (Å²) in [5.74, 6) is -1.26. The minimum Gasteiger partial charge on any atom is -0.480 e. The van der Waals surface area contributed by atoms with Gasteiger partial charge in [-0.3, -0.25) is 10.1 Å². The molecule has 3 aromatic carbocycles. The van der Waals surface area contributed by atoms with Crippen molar-refractivity contribution in [2.24, 2.45) is 0 Å². The second-order valence-corrected chi connectivity index (χ2v) is 10.6. The van der Waals surface area contributed by atoms with Crippen molar-refractivity contribution >= 4 is 23.8 Å². The van der Waals surface area contributed by atoms with E-state index in [2.05, 4.69) is 21.3 Å². The van der Waals surface area contributed by atoms with Crippen LogP contribution in [0.3, 0.4) is 0 Å². The maximum absolute atomic E-state index is 12.5. The highest BCUT2D eigenvalue weighted by atomic mass is 16.6. The highest BCUT2D eigenvalue weighted by molar-refractivity contribution is 5.89. The number of para-hydroxylation sites is 1. The standard InChI is InChI=1S/C31H38N4O6/c1-31(2,3)41-30(40)35-25(18-21-10-6-4-7-11-21)27(36)26(28(37)38)32-19-22-14-16-23(17-15-22)20-33-29(39)34-24-12-8-5-9-13-24/h4-17,25-27,32,36H,18-20H2,1-3H3,(H,35,40)(H,37,38)(H2,33,34,39)/t25-,26+,27+/m0/s1. The van der Waals surface area contributed by atoms with Crippen LogP contribution < -0.4 is 21.3 Å². The molecule has 0 aliphatic rings. The molecule has 0 heterocycles. The van der Waals surface area contributed by atoms with Gasteiger partial charge in [0.25, 0.3) is 0 Å². The van der Waals surface area contributed by atoms with Crippen molar-refractivity contribution in [2.75, 3.05) is 5.32 Å². The number of benzene rings is 3. The number of carbonyl (C=O) groups excluding carboxylic acids is 2. The fourth-order valence-corrected chi connectivity index (χ4v) is 4.05. The van der Waals surface area contributed by atoms with Gasteiger partial charge in [-0.25, -0.2) is 9.59 Å². The van der Waals surface area contributed by atoms with Gasteiger partial charge >= 0.3 is 18.1 Å². The SMILES string of the molecule is CC(C)(C)OC(=O)N[C@@H](Cc1ccccc1)[C@@H](O)[C@@H](NCc1ccc(CNC(=O)Nc2ccccc2)cc1)C(=O)O. The van der Waals surface area contributed by atoms with E-state index in [9.17, 15) is 24.6 Å². The van der Waals surface area contributed by atoms with Gasteiger partial charge in [-0.2, -0.15) is 0 Å². The molecule has 0 aliphatic carbocycles. The molecule has 3 aromatic rings. The lowest BCUT2D eigenvalue weighted by Crippen LogP contribution is -2.57. The third kappa shape index (κ3) is 10.9. The predicted molar refractivity (Wildman–Crippen MR) is 156 cm³/mol. The van der Waals surface area contributed by atoms with Crippen LogP contribution in [0.1, 0.15) is 37.5 Å². The van der Waals surface area contributed by atoms with E-state index in [-0.39, 0.29) is 19.0 Å². The largest absolute Gasteiger partial charge is 0.480 e. The molecule has 10 heteroatoms. The fourth-order valence-electron chi connectivity index (χ4n) is 4.05. The van der Waals surface area contributed by atoms with Crippen LogP contribution in [-0.2, 0) is 29.0 Å². The van der Waals surface area contributed by atoms with Crippen LogP contribution in [0.25, 0.3) is 0 Å². The quantitative estimate of drug-likeness (QED) is 0.195.